The number of hydrogen-bond acceptors (Lipinski definition) is 2. The van der Waals surface area contributed by atoms with E-state index in [4.69, 9.17) is 0 Å². The Hall–Kier alpha value is -0.610. The van der Waals surface area contributed by atoms with Gasteiger partial charge in [-0.2, -0.15) is 11.8 Å². The predicted molar refractivity (Wildman–Crippen MR) is 56.5 cm³/mol. The SMILES string of the molecule is CNC(CSC)c1cc(F)cc(F)c1. The molecular weight excluding hydrogens is 204 g/mol. The van der Waals surface area contributed by atoms with Crippen LogP contribution in [0.5, 0.6) is 0 Å². The average molecular weight is 217 g/mol. The molecule has 0 aromatic heterocycles. The number of nitrogens with one attached hydrogen (secondary N) is 1. The Kier molecular flexibility index (Phi) is 4.35. The Labute approximate surface area is 86.9 Å². The number of benzene rings is 1. The Morgan fingerprint density at radius 1 is 1.29 bits per heavy atom. The van der Waals surface area contributed by atoms with E-state index < -0.39 is 11.6 Å². The first kappa shape index (κ1) is 11.5. The first-order valence-corrected chi connectivity index (χ1v) is 5.69. The third kappa shape index (κ3) is 2.96. The van der Waals surface area contributed by atoms with E-state index in [1.54, 1.807) is 18.8 Å². The molecule has 78 valence electrons. The molecule has 0 aliphatic rings. The first-order chi connectivity index (χ1) is 6.67. The molecule has 0 amide bonds. The minimum absolute atomic E-state index is 0.00444. The third-order valence-electron chi connectivity index (χ3n) is 1.97. The van der Waals surface area contributed by atoms with Crippen molar-refractivity contribution in [3.8, 4) is 0 Å². The summed E-state index contributed by atoms with van der Waals surface area (Å²) >= 11 is 1.63. The molecule has 0 radical (unpaired) electrons. The highest BCUT2D eigenvalue weighted by Crippen LogP contribution is 2.18. The van der Waals surface area contributed by atoms with Crippen molar-refractivity contribution in [3.63, 3.8) is 0 Å². The fraction of sp³-hybridized carbons (Fsp3) is 0.400. The van der Waals surface area contributed by atoms with Gasteiger partial charge >= 0.3 is 0 Å². The van der Waals surface area contributed by atoms with Gasteiger partial charge in [0.25, 0.3) is 0 Å². The summed E-state index contributed by atoms with van der Waals surface area (Å²) in [6.45, 7) is 0. The predicted octanol–water partition coefficient (Wildman–Crippen LogP) is 2.59. The lowest BCUT2D eigenvalue weighted by Gasteiger charge is -2.15. The molecule has 1 aromatic carbocycles. The lowest BCUT2D eigenvalue weighted by molar-refractivity contribution is 0.568. The van der Waals surface area contributed by atoms with E-state index in [0.717, 1.165) is 11.8 Å². The second-order valence-corrected chi connectivity index (χ2v) is 3.91. The Balaban J connectivity index is 2.91. The summed E-state index contributed by atoms with van der Waals surface area (Å²) in [5, 5.41) is 3.02. The highest BCUT2D eigenvalue weighted by atomic mass is 32.2. The molecule has 1 N–H and O–H groups in total. The number of hydrogen-bond donors (Lipinski definition) is 1. The van der Waals surface area contributed by atoms with E-state index in [-0.39, 0.29) is 6.04 Å². The van der Waals surface area contributed by atoms with Crippen LogP contribution in [0.4, 0.5) is 8.78 Å². The molecule has 0 bridgehead atoms. The zero-order chi connectivity index (χ0) is 10.6. The first-order valence-electron chi connectivity index (χ1n) is 4.29. The quantitative estimate of drug-likeness (QED) is 0.832. The van der Waals surface area contributed by atoms with Crippen LogP contribution in [0, 0.1) is 11.6 Å². The van der Waals surface area contributed by atoms with Crippen molar-refractivity contribution in [1.82, 2.24) is 5.32 Å². The fourth-order valence-electron chi connectivity index (χ4n) is 1.29. The van der Waals surface area contributed by atoms with Crippen LogP contribution in [0.25, 0.3) is 0 Å². The molecule has 0 fully saturated rings. The molecule has 1 rings (SSSR count). The molecule has 0 saturated heterocycles. The molecule has 4 heteroatoms. The molecule has 14 heavy (non-hydrogen) atoms. The van der Waals surface area contributed by atoms with Crippen molar-refractivity contribution in [3.05, 3.63) is 35.4 Å². The summed E-state index contributed by atoms with van der Waals surface area (Å²) in [6, 6.07) is 3.60. The van der Waals surface area contributed by atoms with E-state index in [2.05, 4.69) is 5.32 Å². The fourth-order valence-corrected chi connectivity index (χ4v) is 1.98. The molecule has 1 nitrogen and oxygen atoms in total. The monoisotopic (exact) mass is 217 g/mol. The maximum absolute atomic E-state index is 12.9. The van der Waals surface area contributed by atoms with Crippen LogP contribution in [0.2, 0.25) is 0 Å². The molecule has 0 spiro atoms. The summed E-state index contributed by atoms with van der Waals surface area (Å²) in [5.74, 6) is -0.262. The summed E-state index contributed by atoms with van der Waals surface area (Å²) in [7, 11) is 1.78. The molecule has 0 aliphatic heterocycles. The van der Waals surface area contributed by atoms with Gasteiger partial charge in [-0.05, 0) is 31.0 Å². The molecule has 1 aromatic rings. The topological polar surface area (TPSA) is 12.0 Å². The van der Waals surface area contributed by atoms with Gasteiger partial charge in [-0.3, -0.25) is 0 Å². The van der Waals surface area contributed by atoms with E-state index in [9.17, 15) is 8.78 Å². The molecule has 1 atom stereocenters. The van der Waals surface area contributed by atoms with Gasteiger partial charge in [0.15, 0.2) is 0 Å². The van der Waals surface area contributed by atoms with E-state index in [1.165, 1.54) is 12.1 Å². The van der Waals surface area contributed by atoms with E-state index in [1.807, 2.05) is 6.26 Å². The van der Waals surface area contributed by atoms with Crippen LogP contribution in [-0.2, 0) is 0 Å². The number of halogens is 2. The van der Waals surface area contributed by atoms with Gasteiger partial charge in [-0.1, -0.05) is 0 Å². The maximum Gasteiger partial charge on any atom is 0.126 e. The normalized spacial score (nSPS) is 12.9. The second-order valence-electron chi connectivity index (χ2n) is 3.00. The van der Waals surface area contributed by atoms with Crippen molar-refractivity contribution < 1.29 is 8.78 Å². The van der Waals surface area contributed by atoms with E-state index in [0.29, 0.717) is 5.56 Å². The zero-order valence-electron chi connectivity index (χ0n) is 8.18. The molecule has 0 heterocycles. The minimum atomic E-state index is -0.527. The second kappa shape index (κ2) is 5.32. The van der Waals surface area contributed by atoms with Gasteiger partial charge in [0.1, 0.15) is 11.6 Å². The molecular formula is C10H13F2NS. The van der Waals surface area contributed by atoms with Crippen LogP contribution in [0.1, 0.15) is 11.6 Å². The molecule has 0 saturated carbocycles. The highest BCUT2D eigenvalue weighted by molar-refractivity contribution is 7.98. The number of rotatable bonds is 4. The van der Waals surface area contributed by atoms with Crippen molar-refractivity contribution in [2.75, 3.05) is 19.1 Å². The van der Waals surface area contributed by atoms with E-state index >= 15 is 0 Å². The van der Waals surface area contributed by atoms with Crippen LogP contribution >= 0.6 is 11.8 Å². The largest absolute Gasteiger partial charge is 0.312 e. The Morgan fingerprint density at radius 2 is 1.86 bits per heavy atom. The lowest BCUT2D eigenvalue weighted by atomic mass is 10.1. The Morgan fingerprint density at radius 3 is 2.29 bits per heavy atom. The maximum atomic E-state index is 12.9. The van der Waals surface area contributed by atoms with Gasteiger partial charge < -0.3 is 5.32 Å². The van der Waals surface area contributed by atoms with Crippen LogP contribution in [-0.4, -0.2) is 19.1 Å². The zero-order valence-corrected chi connectivity index (χ0v) is 9.00. The van der Waals surface area contributed by atoms with Gasteiger partial charge in [0, 0.05) is 17.9 Å². The van der Waals surface area contributed by atoms with Gasteiger partial charge in [-0.25, -0.2) is 8.78 Å². The van der Waals surface area contributed by atoms with Gasteiger partial charge in [-0.15, -0.1) is 0 Å². The standard InChI is InChI=1S/C10H13F2NS/c1-13-10(6-14-2)7-3-8(11)5-9(12)4-7/h3-5,10,13H,6H2,1-2H3. The molecule has 0 aliphatic carbocycles. The highest BCUT2D eigenvalue weighted by Gasteiger charge is 2.10. The Bertz CT molecular complexity index is 284. The lowest BCUT2D eigenvalue weighted by Crippen LogP contribution is -2.18. The summed E-state index contributed by atoms with van der Waals surface area (Å²) < 4.78 is 25.8. The molecule has 1 unspecified atom stereocenters. The number of thioether (sulfide) groups is 1. The third-order valence-corrected chi connectivity index (χ3v) is 2.64. The summed E-state index contributed by atoms with van der Waals surface area (Å²) in [4.78, 5) is 0. The van der Waals surface area contributed by atoms with Gasteiger partial charge in [0.05, 0.1) is 0 Å². The minimum Gasteiger partial charge on any atom is -0.312 e. The summed E-state index contributed by atoms with van der Waals surface area (Å²) in [5.41, 5.74) is 0.652. The van der Waals surface area contributed by atoms with Crippen molar-refractivity contribution in [1.29, 1.82) is 0 Å². The smallest absolute Gasteiger partial charge is 0.126 e. The summed E-state index contributed by atoms with van der Waals surface area (Å²) in [6.07, 6.45) is 1.96. The van der Waals surface area contributed by atoms with Crippen molar-refractivity contribution >= 4 is 11.8 Å². The average Bonchev–Trinajstić information content (AvgIpc) is 2.12. The van der Waals surface area contributed by atoms with Crippen LogP contribution in [0.3, 0.4) is 0 Å². The van der Waals surface area contributed by atoms with Crippen LogP contribution in [0.15, 0.2) is 18.2 Å². The van der Waals surface area contributed by atoms with Crippen molar-refractivity contribution in [2.45, 2.75) is 6.04 Å². The van der Waals surface area contributed by atoms with Crippen molar-refractivity contribution in [2.24, 2.45) is 0 Å². The van der Waals surface area contributed by atoms with Gasteiger partial charge in [0.2, 0.25) is 0 Å². The van der Waals surface area contributed by atoms with Crippen LogP contribution < -0.4 is 5.32 Å².